The van der Waals surface area contributed by atoms with E-state index in [1.165, 1.54) is 77.0 Å². The summed E-state index contributed by atoms with van der Waals surface area (Å²) in [6, 6.07) is 0. The van der Waals surface area contributed by atoms with E-state index in [1.807, 2.05) is 6.79 Å². The fourth-order valence-electron chi connectivity index (χ4n) is 2.82. The van der Waals surface area contributed by atoms with Crippen molar-refractivity contribution in [2.24, 2.45) is 0 Å². The first kappa shape index (κ1) is 31.3. The number of hydrogen-bond donors (Lipinski definition) is 2. The summed E-state index contributed by atoms with van der Waals surface area (Å²) in [7, 11) is 0. The van der Waals surface area contributed by atoms with Crippen molar-refractivity contribution < 1.29 is 24.6 Å². The van der Waals surface area contributed by atoms with Gasteiger partial charge in [-0.15, -0.1) is 0 Å². The first-order valence-electron chi connectivity index (χ1n) is 11.3. The molecule has 0 aliphatic rings. The van der Waals surface area contributed by atoms with Gasteiger partial charge >= 0.3 is 11.9 Å². The van der Waals surface area contributed by atoms with Crippen LogP contribution in [-0.2, 0) is 14.4 Å². The molecule has 0 bridgehead atoms. The average molecular weight is 403 g/mol. The fourth-order valence-corrected chi connectivity index (χ4v) is 2.82. The quantitative estimate of drug-likeness (QED) is 0.240. The van der Waals surface area contributed by atoms with E-state index in [4.69, 9.17) is 15.0 Å². The third-order valence-electron chi connectivity index (χ3n) is 4.49. The minimum Gasteiger partial charge on any atom is -0.481 e. The van der Waals surface area contributed by atoms with E-state index >= 15 is 0 Å². The van der Waals surface area contributed by atoms with E-state index in [2.05, 4.69) is 13.8 Å². The summed E-state index contributed by atoms with van der Waals surface area (Å²) in [4.78, 5) is 28.3. The monoisotopic (exact) mass is 402 g/mol. The second-order valence-electron chi connectivity index (χ2n) is 7.24. The van der Waals surface area contributed by atoms with E-state index in [1.54, 1.807) is 0 Å². The van der Waals surface area contributed by atoms with Crippen LogP contribution in [0.3, 0.4) is 0 Å². The van der Waals surface area contributed by atoms with Gasteiger partial charge in [0.05, 0.1) is 0 Å². The van der Waals surface area contributed by atoms with Crippen molar-refractivity contribution in [2.45, 2.75) is 129 Å². The lowest BCUT2D eigenvalue weighted by Gasteiger charge is -1.99. The van der Waals surface area contributed by atoms with Crippen molar-refractivity contribution >= 4 is 18.7 Å². The molecule has 0 aromatic rings. The Morgan fingerprint density at radius 2 is 0.714 bits per heavy atom. The maximum Gasteiger partial charge on any atom is 0.303 e. The van der Waals surface area contributed by atoms with Crippen LogP contribution in [0.4, 0.5) is 0 Å². The van der Waals surface area contributed by atoms with Crippen LogP contribution in [-0.4, -0.2) is 28.9 Å². The molecular formula is C23H46O5. The lowest BCUT2D eigenvalue weighted by atomic mass is 10.1. The van der Waals surface area contributed by atoms with Crippen LogP contribution in [0.25, 0.3) is 0 Å². The molecule has 0 aromatic heterocycles. The molecule has 28 heavy (non-hydrogen) atoms. The molecule has 0 spiro atoms. The van der Waals surface area contributed by atoms with Gasteiger partial charge in [-0.25, -0.2) is 0 Å². The van der Waals surface area contributed by atoms with Crippen molar-refractivity contribution in [1.82, 2.24) is 0 Å². The SMILES string of the molecule is C=O.CCCCCCCCCCC(=O)O.CCCCCCCCCCC(=O)O. The molecule has 0 radical (unpaired) electrons. The minimum atomic E-state index is -0.661. The molecule has 0 fully saturated rings. The highest BCUT2D eigenvalue weighted by Crippen LogP contribution is 2.10. The predicted octanol–water partition coefficient (Wildman–Crippen LogP) is 7.02. The molecule has 0 aliphatic carbocycles. The maximum atomic E-state index is 10.2. The van der Waals surface area contributed by atoms with Crippen molar-refractivity contribution in [3.05, 3.63) is 0 Å². The first-order chi connectivity index (χ1) is 13.5. The second-order valence-corrected chi connectivity index (χ2v) is 7.24. The molecule has 168 valence electrons. The molecule has 0 unspecified atom stereocenters. The number of hydrogen-bond acceptors (Lipinski definition) is 3. The molecule has 0 aliphatic heterocycles. The Morgan fingerprint density at radius 3 is 0.929 bits per heavy atom. The van der Waals surface area contributed by atoms with Gasteiger partial charge in [-0.3, -0.25) is 9.59 Å². The summed E-state index contributed by atoms with van der Waals surface area (Å²) >= 11 is 0. The molecule has 0 rings (SSSR count). The fraction of sp³-hybridized carbons (Fsp3) is 0.870. The van der Waals surface area contributed by atoms with Gasteiger partial charge in [-0.05, 0) is 12.8 Å². The molecular weight excluding hydrogens is 356 g/mol. The molecule has 5 nitrogen and oxygen atoms in total. The van der Waals surface area contributed by atoms with Gasteiger partial charge in [0.25, 0.3) is 0 Å². The Kier molecular flexibility index (Phi) is 33.9. The highest BCUT2D eigenvalue weighted by atomic mass is 16.4. The maximum absolute atomic E-state index is 10.2. The summed E-state index contributed by atoms with van der Waals surface area (Å²) in [5.74, 6) is -1.32. The Morgan fingerprint density at radius 1 is 0.500 bits per heavy atom. The van der Waals surface area contributed by atoms with E-state index in [9.17, 15) is 9.59 Å². The van der Waals surface area contributed by atoms with Crippen molar-refractivity contribution in [3.8, 4) is 0 Å². The molecule has 0 heterocycles. The molecule has 5 heteroatoms. The highest BCUT2D eigenvalue weighted by Gasteiger charge is 1.97. The number of carboxylic acids is 2. The normalized spacial score (nSPS) is 9.64. The third-order valence-corrected chi connectivity index (χ3v) is 4.49. The number of aliphatic carboxylic acids is 2. The van der Waals surface area contributed by atoms with Gasteiger partial charge in [-0.2, -0.15) is 0 Å². The number of unbranched alkanes of at least 4 members (excludes halogenated alkanes) is 14. The number of rotatable bonds is 18. The standard InChI is InChI=1S/2C11H22O2.CH2O/c2*1-2-3-4-5-6-7-8-9-10-11(12)13;1-2/h2*2-10H2,1H3,(H,12,13);1H2. The summed E-state index contributed by atoms with van der Waals surface area (Å²) < 4.78 is 0. The Hall–Kier alpha value is -1.39. The zero-order valence-electron chi connectivity index (χ0n) is 18.6. The van der Waals surface area contributed by atoms with Crippen molar-refractivity contribution in [3.63, 3.8) is 0 Å². The van der Waals surface area contributed by atoms with Crippen LogP contribution < -0.4 is 0 Å². The van der Waals surface area contributed by atoms with Gasteiger partial charge in [0.1, 0.15) is 6.79 Å². The summed E-state index contributed by atoms with van der Waals surface area (Å²) in [6.45, 7) is 6.43. The van der Waals surface area contributed by atoms with Crippen LogP contribution in [0, 0.1) is 0 Å². The van der Waals surface area contributed by atoms with Crippen LogP contribution in [0.2, 0.25) is 0 Å². The molecule has 2 N–H and O–H groups in total. The molecule has 0 saturated carbocycles. The lowest BCUT2D eigenvalue weighted by molar-refractivity contribution is -0.138. The molecule has 0 atom stereocenters. The molecule has 0 saturated heterocycles. The number of carboxylic acid groups (broad SMARTS) is 2. The van der Waals surface area contributed by atoms with E-state index in [0.717, 1.165) is 25.7 Å². The Balaban J connectivity index is -0.000000410. The van der Waals surface area contributed by atoms with Crippen LogP contribution >= 0.6 is 0 Å². The van der Waals surface area contributed by atoms with E-state index < -0.39 is 11.9 Å². The topological polar surface area (TPSA) is 91.7 Å². The lowest BCUT2D eigenvalue weighted by Crippen LogP contribution is -1.93. The first-order valence-corrected chi connectivity index (χ1v) is 11.3. The third kappa shape index (κ3) is 39.6. The molecule has 0 aromatic carbocycles. The summed E-state index contributed by atoms with van der Waals surface area (Å²) in [6.07, 6.45) is 20.1. The number of carbonyl (C=O) groups is 3. The summed E-state index contributed by atoms with van der Waals surface area (Å²) in [5.41, 5.74) is 0. The minimum absolute atomic E-state index is 0.342. The van der Waals surface area contributed by atoms with Crippen LogP contribution in [0.5, 0.6) is 0 Å². The predicted molar refractivity (Wildman–Crippen MR) is 117 cm³/mol. The second kappa shape index (κ2) is 30.3. The highest BCUT2D eigenvalue weighted by molar-refractivity contribution is 5.66. The van der Waals surface area contributed by atoms with Gasteiger partial charge in [0.15, 0.2) is 0 Å². The number of carbonyl (C=O) groups excluding carboxylic acids is 1. The van der Waals surface area contributed by atoms with E-state index in [0.29, 0.717) is 12.8 Å². The van der Waals surface area contributed by atoms with Crippen LogP contribution in [0.15, 0.2) is 0 Å². The zero-order chi connectivity index (χ0) is 21.9. The largest absolute Gasteiger partial charge is 0.481 e. The van der Waals surface area contributed by atoms with Gasteiger partial charge in [-0.1, -0.05) is 104 Å². The summed E-state index contributed by atoms with van der Waals surface area (Å²) in [5, 5.41) is 16.8. The van der Waals surface area contributed by atoms with Crippen molar-refractivity contribution in [2.75, 3.05) is 0 Å². The Labute approximate surface area is 173 Å². The van der Waals surface area contributed by atoms with Crippen LogP contribution in [0.1, 0.15) is 129 Å². The molecule has 0 amide bonds. The zero-order valence-corrected chi connectivity index (χ0v) is 18.6. The van der Waals surface area contributed by atoms with Gasteiger partial charge in [0, 0.05) is 12.8 Å². The van der Waals surface area contributed by atoms with E-state index in [-0.39, 0.29) is 0 Å². The Bertz CT molecular complexity index is 288. The van der Waals surface area contributed by atoms with Crippen molar-refractivity contribution in [1.29, 1.82) is 0 Å². The average Bonchev–Trinajstić information content (AvgIpc) is 2.68. The van der Waals surface area contributed by atoms with Gasteiger partial charge < -0.3 is 15.0 Å². The smallest absolute Gasteiger partial charge is 0.303 e. The van der Waals surface area contributed by atoms with Gasteiger partial charge in [0.2, 0.25) is 0 Å².